The van der Waals surface area contributed by atoms with E-state index in [1.807, 2.05) is 37.3 Å². The van der Waals surface area contributed by atoms with Crippen molar-refractivity contribution in [3.63, 3.8) is 0 Å². The van der Waals surface area contributed by atoms with E-state index in [1.54, 1.807) is 35.1 Å². The number of aromatic nitrogens is 2. The summed E-state index contributed by atoms with van der Waals surface area (Å²) in [7, 11) is 0. The smallest absolute Gasteiger partial charge is 0.196 e. The Balaban J connectivity index is 1.99. The van der Waals surface area contributed by atoms with Crippen LogP contribution in [0.15, 0.2) is 60.8 Å². The van der Waals surface area contributed by atoms with E-state index in [0.717, 1.165) is 11.4 Å². The molecule has 0 saturated heterocycles. The first kappa shape index (κ1) is 13.6. The Kier molecular flexibility index (Phi) is 3.59. The van der Waals surface area contributed by atoms with Crippen LogP contribution in [0.25, 0.3) is 5.69 Å². The first-order valence-electron chi connectivity index (χ1n) is 6.57. The minimum absolute atomic E-state index is 0.0497. The molecular weight excluding hydrogens is 284 g/mol. The van der Waals surface area contributed by atoms with Crippen molar-refractivity contribution in [2.45, 2.75) is 6.92 Å². The lowest BCUT2D eigenvalue weighted by molar-refractivity contribution is 0.103. The number of nitrogens with zero attached hydrogens (tertiary/aromatic N) is 2. The van der Waals surface area contributed by atoms with Gasteiger partial charge in [0, 0.05) is 10.6 Å². The summed E-state index contributed by atoms with van der Waals surface area (Å²) in [6, 6.07) is 16.6. The molecule has 0 radical (unpaired) electrons. The Labute approximate surface area is 127 Å². The van der Waals surface area contributed by atoms with Crippen LogP contribution in [0.5, 0.6) is 0 Å². The van der Waals surface area contributed by atoms with E-state index in [4.69, 9.17) is 11.6 Å². The lowest BCUT2D eigenvalue weighted by Crippen LogP contribution is -2.04. The average Bonchev–Trinajstić information content (AvgIpc) is 2.90. The van der Waals surface area contributed by atoms with Crippen molar-refractivity contribution in [1.29, 1.82) is 0 Å². The predicted octanol–water partition coefficient (Wildman–Crippen LogP) is 4.07. The first-order chi connectivity index (χ1) is 10.2. The summed E-state index contributed by atoms with van der Waals surface area (Å²) in [5.74, 6) is -0.0497. The molecule has 21 heavy (non-hydrogen) atoms. The number of halogens is 1. The summed E-state index contributed by atoms with van der Waals surface area (Å²) in [6.07, 6.45) is 1.61. The zero-order chi connectivity index (χ0) is 14.8. The molecule has 0 aliphatic carbocycles. The van der Waals surface area contributed by atoms with Gasteiger partial charge in [-0.25, -0.2) is 4.68 Å². The monoisotopic (exact) mass is 296 g/mol. The number of carbonyl (C=O) groups excluding carboxylic acids is 1. The van der Waals surface area contributed by atoms with Crippen LogP contribution >= 0.6 is 11.6 Å². The van der Waals surface area contributed by atoms with Crippen LogP contribution < -0.4 is 0 Å². The number of hydrogen-bond acceptors (Lipinski definition) is 2. The van der Waals surface area contributed by atoms with Gasteiger partial charge in [0.25, 0.3) is 0 Å². The maximum atomic E-state index is 12.5. The summed E-state index contributed by atoms with van der Waals surface area (Å²) in [5.41, 5.74) is 2.96. The second-order valence-corrected chi connectivity index (χ2v) is 5.16. The molecule has 0 spiro atoms. The second kappa shape index (κ2) is 5.54. The third-order valence-electron chi connectivity index (χ3n) is 3.36. The number of rotatable bonds is 3. The number of ketones is 1. The topological polar surface area (TPSA) is 34.9 Å². The average molecular weight is 297 g/mol. The second-order valence-electron chi connectivity index (χ2n) is 4.73. The van der Waals surface area contributed by atoms with Crippen LogP contribution in [-0.4, -0.2) is 15.6 Å². The molecule has 4 heteroatoms. The fraction of sp³-hybridized carbons (Fsp3) is 0.0588. The molecule has 0 saturated carbocycles. The SMILES string of the molecule is Cc1c(C(=O)c2ccc(Cl)cc2)cnn1-c1ccccc1. The molecule has 0 amide bonds. The molecule has 0 aliphatic rings. The van der Waals surface area contributed by atoms with Crippen LogP contribution in [0, 0.1) is 6.92 Å². The number of hydrogen-bond donors (Lipinski definition) is 0. The summed E-state index contributed by atoms with van der Waals surface area (Å²) in [4.78, 5) is 12.5. The Morgan fingerprint density at radius 2 is 1.71 bits per heavy atom. The van der Waals surface area contributed by atoms with E-state index < -0.39 is 0 Å². The third-order valence-corrected chi connectivity index (χ3v) is 3.61. The van der Waals surface area contributed by atoms with Crippen LogP contribution in [0.3, 0.4) is 0 Å². The maximum absolute atomic E-state index is 12.5. The normalized spacial score (nSPS) is 10.6. The lowest BCUT2D eigenvalue weighted by atomic mass is 10.0. The van der Waals surface area contributed by atoms with Crippen LogP contribution in [0.4, 0.5) is 0 Å². The van der Waals surface area contributed by atoms with Gasteiger partial charge in [-0.2, -0.15) is 5.10 Å². The van der Waals surface area contributed by atoms with Crippen LogP contribution in [-0.2, 0) is 0 Å². The molecule has 3 nitrogen and oxygen atoms in total. The van der Waals surface area contributed by atoms with E-state index >= 15 is 0 Å². The van der Waals surface area contributed by atoms with Crippen molar-refractivity contribution in [2.75, 3.05) is 0 Å². The van der Waals surface area contributed by atoms with Gasteiger partial charge in [-0.05, 0) is 43.3 Å². The minimum Gasteiger partial charge on any atom is -0.288 e. The van der Waals surface area contributed by atoms with Gasteiger partial charge in [-0.3, -0.25) is 4.79 Å². The summed E-state index contributed by atoms with van der Waals surface area (Å²) in [5, 5.41) is 4.93. The highest BCUT2D eigenvalue weighted by Crippen LogP contribution is 2.18. The summed E-state index contributed by atoms with van der Waals surface area (Å²) < 4.78 is 1.77. The van der Waals surface area contributed by atoms with Crippen molar-refractivity contribution in [1.82, 2.24) is 9.78 Å². The van der Waals surface area contributed by atoms with Crippen LogP contribution in [0.1, 0.15) is 21.6 Å². The molecule has 0 unspecified atom stereocenters. The zero-order valence-electron chi connectivity index (χ0n) is 11.5. The van der Waals surface area contributed by atoms with E-state index in [-0.39, 0.29) is 5.78 Å². The molecule has 0 N–H and O–H groups in total. The lowest BCUT2D eigenvalue weighted by Gasteiger charge is -2.05. The van der Waals surface area contributed by atoms with Gasteiger partial charge in [0.1, 0.15) is 0 Å². The molecular formula is C17H13ClN2O. The van der Waals surface area contributed by atoms with Gasteiger partial charge in [0.15, 0.2) is 5.78 Å². The van der Waals surface area contributed by atoms with Gasteiger partial charge < -0.3 is 0 Å². The number of benzene rings is 2. The van der Waals surface area contributed by atoms with Gasteiger partial charge in [-0.1, -0.05) is 29.8 Å². The maximum Gasteiger partial charge on any atom is 0.196 e. The van der Waals surface area contributed by atoms with Crippen molar-refractivity contribution >= 4 is 17.4 Å². The van der Waals surface area contributed by atoms with E-state index in [2.05, 4.69) is 5.10 Å². The minimum atomic E-state index is -0.0497. The highest BCUT2D eigenvalue weighted by Gasteiger charge is 2.16. The molecule has 3 rings (SSSR count). The van der Waals surface area contributed by atoms with Gasteiger partial charge in [-0.15, -0.1) is 0 Å². The predicted molar refractivity (Wildman–Crippen MR) is 83.2 cm³/mol. The molecule has 0 aliphatic heterocycles. The van der Waals surface area contributed by atoms with Crippen LogP contribution in [0.2, 0.25) is 5.02 Å². The van der Waals surface area contributed by atoms with E-state index in [9.17, 15) is 4.79 Å². The largest absolute Gasteiger partial charge is 0.288 e. The van der Waals surface area contributed by atoms with Gasteiger partial charge >= 0.3 is 0 Å². The summed E-state index contributed by atoms with van der Waals surface area (Å²) in [6.45, 7) is 1.89. The van der Waals surface area contributed by atoms with E-state index in [1.165, 1.54) is 0 Å². The van der Waals surface area contributed by atoms with Crippen molar-refractivity contribution in [3.05, 3.63) is 82.6 Å². The molecule has 3 aromatic rings. The molecule has 0 atom stereocenters. The standard InChI is InChI=1S/C17H13ClN2O/c1-12-16(17(21)13-7-9-14(18)10-8-13)11-19-20(12)15-5-3-2-4-6-15/h2-11H,1H3. The Morgan fingerprint density at radius 3 is 2.38 bits per heavy atom. The van der Waals surface area contributed by atoms with Crippen molar-refractivity contribution in [3.8, 4) is 5.69 Å². The highest BCUT2D eigenvalue weighted by atomic mass is 35.5. The fourth-order valence-corrected chi connectivity index (χ4v) is 2.34. The van der Waals surface area contributed by atoms with Crippen molar-refractivity contribution in [2.24, 2.45) is 0 Å². The molecule has 1 aromatic heterocycles. The van der Waals surface area contributed by atoms with E-state index in [0.29, 0.717) is 16.1 Å². The van der Waals surface area contributed by atoms with Gasteiger partial charge in [0.2, 0.25) is 0 Å². The Bertz CT molecular complexity index is 776. The molecule has 1 heterocycles. The zero-order valence-corrected chi connectivity index (χ0v) is 12.2. The Morgan fingerprint density at radius 1 is 1.05 bits per heavy atom. The first-order valence-corrected chi connectivity index (χ1v) is 6.95. The number of carbonyl (C=O) groups is 1. The Hall–Kier alpha value is -2.39. The highest BCUT2D eigenvalue weighted by molar-refractivity contribution is 6.30. The molecule has 0 bridgehead atoms. The molecule has 0 fully saturated rings. The van der Waals surface area contributed by atoms with Crippen molar-refractivity contribution < 1.29 is 4.79 Å². The fourth-order valence-electron chi connectivity index (χ4n) is 2.22. The molecule has 104 valence electrons. The summed E-state index contributed by atoms with van der Waals surface area (Å²) >= 11 is 5.85. The quantitative estimate of drug-likeness (QED) is 0.683. The van der Waals surface area contributed by atoms with Gasteiger partial charge in [0.05, 0.1) is 23.1 Å². The molecule has 2 aromatic carbocycles. The number of para-hydroxylation sites is 1. The third kappa shape index (κ3) is 2.60.